The molecule has 1 heterocycles. The third-order valence-corrected chi connectivity index (χ3v) is 4.27. The molecule has 0 unspecified atom stereocenters. The summed E-state index contributed by atoms with van der Waals surface area (Å²) in [6, 6.07) is 6.75. The fourth-order valence-corrected chi connectivity index (χ4v) is 2.71. The van der Waals surface area contributed by atoms with Gasteiger partial charge in [0.05, 0.1) is 19.8 Å². The molecule has 0 bridgehead atoms. The number of nitrogens with one attached hydrogen (secondary N) is 2. The van der Waals surface area contributed by atoms with Crippen LogP contribution >= 0.6 is 24.0 Å². The van der Waals surface area contributed by atoms with Crippen LogP contribution in [0.2, 0.25) is 0 Å². The molecule has 1 fully saturated rings. The lowest BCUT2D eigenvalue weighted by atomic mass is 10.0. The number of hydrogen-bond acceptors (Lipinski definition) is 3. The summed E-state index contributed by atoms with van der Waals surface area (Å²) in [5.41, 5.74) is 0.597. The zero-order chi connectivity index (χ0) is 17.4. The lowest BCUT2D eigenvalue weighted by Crippen LogP contribution is -2.56. The first kappa shape index (κ1) is 22.1. The highest BCUT2D eigenvalue weighted by Crippen LogP contribution is 2.15. The van der Waals surface area contributed by atoms with Crippen molar-refractivity contribution in [1.29, 1.82) is 0 Å². The van der Waals surface area contributed by atoms with Gasteiger partial charge in [-0.25, -0.2) is 9.38 Å². The summed E-state index contributed by atoms with van der Waals surface area (Å²) in [5, 5.41) is 6.60. The summed E-state index contributed by atoms with van der Waals surface area (Å²) in [4.78, 5) is 6.92. The first-order valence-corrected chi connectivity index (χ1v) is 8.61. The van der Waals surface area contributed by atoms with E-state index in [4.69, 9.17) is 4.74 Å². The third kappa shape index (κ3) is 7.07. The second-order valence-electron chi connectivity index (χ2n) is 6.55. The molecule has 2 rings (SSSR count). The van der Waals surface area contributed by atoms with E-state index in [1.54, 1.807) is 12.1 Å². The first-order valence-electron chi connectivity index (χ1n) is 8.61. The standard InChI is InChI=1S/C18H29FN4O.HI/c1-4-20-17(21-13-15-7-5-6-8-16(15)19)22-14-18(2,3)23-9-11-24-12-10-23;/h5-8H,4,9-14H2,1-3H3,(H2,20,21,22);1H. The number of nitrogens with zero attached hydrogens (tertiary/aromatic N) is 2. The van der Waals surface area contributed by atoms with E-state index in [1.165, 1.54) is 6.07 Å². The average Bonchev–Trinajstić information content (AvgIpc) is 2.59. The molecule has 5 nitrogen and oxygen atoms in total. The van der Waals surface area contributed by atoms with Crippen LogP contribution in [0.5, 0.6) is 0 Å². The van der Waals surface area contributed by atoms with Crippen molar-refractivity contribution >= 4 is 29.9 Å². The molecule has 0 spiro atoms. The highest BCUT2D eigenvalue weighted by molar-refractivity contribution is 14.0. The molecule has 0 saturated carbocycles. The Morgan fingerprint density at radius 3 is 2.56 bits per heavy atom. The fourth-order valence-electron chi connectivity index (χ4n) is 2.71. The second kappa shape index (κ2) is 10.9. The Bertz CT molecular complexity index is 548. The van der Waals surface area contributed by atoms with Crippen LogP contribution < -0.4 is 10.6 Å². The fraction of sp³-hybridized carbons (Fsp3) is 0.611. The highest BCUT2D eigenvalue weighted by atomic mass is 127. The van der Waals surface area contributed by atoms with Gasteiger partial charge in [-0.1, -0.05) is 18.2 Å². The van der Waals surface area contributed by atoms with Gasteiger partial charge in [-0.2, -0.15) is 0 Å². The summed E-state index contributed by atoms with van der Waals surface area (Å²) >= 11 is 0. The molecule has 1 aromatic rings. The Morgan fingerprint density at radius 1 is 1.24 bits per heavy atom. The van der Waals surface area contributed by atoms with Crippen molar-refractivity contribution in [3.05, 3.63) is 35.6 Å². The van der Waals surface area contributed by atoms with Crippen LogP contribution in [0.15, 0.2) is 29.3 Å². The highest BCUT2D eigenvalue weighted by Gasteiger charge is 2.28. The molecule has 0 atom stereocenters. The van der Waals surface area contributed by atoms with Crippen LogP contribution in [0, 0.1) is 5.82 Å². The number of guanidine groups is 1. The third-order valence-electron chi connectivity index (χ3n) is 4.27. The van der Waals surface area contributed by atoms with Gasteiger partial charge in [0.15, 0.2) is 5.96 Å². The minimum absolute atomic E-state index is 0. The van der Waals surface area contributed by atoms with E-state index < -0.39 is 0 Å². The lowest BCUT2D eigenvalue weighted by molar-refractivity contribution is -0.00834. The Labute approximate surface area is 167 Å². The van der Waals surface area contributed by atoms with Gasteiger partial charge in [0.25, 0.3) is 0 Å². The van der Waals surface area contributed by atoms with Crippen molar-refractivity contribution in [3.8, 4) is 0 Å². The van der Waals surface area contributed by atoms with E-state index in [9.17, 15) is 4.39 Å². The number of aliphatic imine (C=N–C) groups is 1. The van der Waals surface area contributed by atoms with E-state index in [0.717, 1.165) is 39.4 Å². The van der Waals surface area contributed by atoms with Gasteiger partial charge in [0.1, 0.15) is 5.82 Å². The Kier molecular flexibility index (Phi) is 9.66. The molecule has 25 heavy (non-hydrogen) atoms. The summed E-state index contributed by atoms with van der Waals surface area (Å²) in [6.45, 7) is 11.7. The number of rotatable bonds is 6. The molecule has 1 saturated heterocycles. The number of morpholine rings is 1. The van der Waals surface area contributed by atoms with Crippen molar-refractivity contribution in [2.24, 2.45) is 4.99 Å². The molecule has 1 aromatic carbocycles. The maximum Gasteiger partial charge on any atom is 0.191 e. The molecular formula is C18H30FIN4O. The van der Waals surface area contributed by atoms with Crippen LogP contribution in [0.4, 0.5) is 4.39 Å². The molecule has 2 N–H and O–H groups in total. The van der Waals surface area contributed by atoms with Gasteiger partial charge in [-0.3, -0.25) is 4.90 Å². The molecule has 0 aliphatic carbocycles. The monoisotopic (exact) mass is 464 g/mol. The topological polar surface area (TPSA) is 48.9 Å². The Balaban J connectivity index is 0.00000312. The molecule has 0 aromatic heterocycles. The minimum Gasteiger partial charge on any atom is -0.379 e. The summed E-state index contributed by atoms with van der Waals surface area (Å²) in [7, 11) is 0. The second-order valence-corrected chi connectivity index (χ2v) is 6.55. The zero-order valence-electron chi connectivity index (χ0n) is 15.3. The number of hydrogen-bond donors (Lipinski definition) is 2. The van der Waals surface area contributed by atoms with E-state index in [-0.39, 0.29) is 35.3 Å². The van der Waals surface area contributed by atoms with E-state index in [0.29, 0.717) is 18.1 Å². The average molecular weight is 464 g/mol. The van der Waals surface area contributed by atoms with Gasteiger partial charge in [-0.05, 0) is 26.8 Å². The molecule has 0 radical (unpaired) electrons. The SMILES string of the molecule is CCNC(=NCc1ccccc1F)NCC(C)(C)N1CCOCC1.I. The Hall–Kier alpha value is -0.930. The van der Waals surface area contributed by atoms with Gasteiger partial charge >= 0.3 is 0 Å². The number of halogens is 2. The molecule has 142 valence electrons. The summed E-state index contributed by atoms with van der Waals surface area (Å²) < 4.78 is 19.1. The van der Waals surface area contributed by atoms with Crippen LogP contribution in [0.3, 0.4) is 0 Å². The van der Waals surface area contributed by atoms with Crippen LogP contribution in [-0.4, -0.2) is 55.8 Å². The van der Waals surface area contributed by atoms with E-state index in [1.807, 2.05) is 13.0 Å². The van der Waals surface area contributed by atoms with Crippen LogP contribution in [0.25, 0.3) is 0 Å². The van der Waals surface area contributed by atoms with Crippen molar-refractivity contribution in [3.63, 3.8) is 0 Å². The smallest absolute Gasteiger partial charge is 0.191 e. The number of benzene rings is 1. The van der Waals surface area contributed by atoms with E-state index in [2.05, 4.69) is 34.4 Å². The van der Waals surface area contributed by atoms with Gasteiger partial charge < -0.3 is 15.4 Å². The molecule has 7 heteroatoms. The first-order chi connectivity index (χ1) is 11.5. The molecular weight excluding hydrogens is 434 g/mol. The van der Waals surface area contributed by atoms with Crippen LogP contribution in [0.1, 0.15) is 26.3 Å². The maximum atomic E-state index is 13.7. The lowest BCUT2D eigenvalue weighted by Gasteiger charge is -2.41. The molecule has 0 amide bonds. The Morgan fingerprint density at radius 2 is 1.92 bits per heavy atom. The largest absolute Gasteiger partial charge is 0.379 e. The predicted molar refractivity (Wildman–Crippen MR) is 111 cm³/mol. The predicted octanol–water partition coefficient (Wildman–Crippen LogP) is 2.61. The van der Waals surface area contributed by atoms with Gasteiger partial charge in [0.2, 0.25) is 0 Å². The normalized spacial score (nSPS) is 16.2. The summed E-state index contributed by atoms with van der Waals surface area (Å²) in [6.07, 6.45) is 0. The van der Waals surface area contributed by atoms with Gasteiger partial charge in [-0.15, -0.1) is 24.0 Å². The molecule has 1 aliphatic rings. The molecule has 1 aliphatic heterocycles. The maximum absolute atomic E-state index is 13.7. The zero-order valence-corrected chi connectivity index (χ0v) is 17.7. The number of ether oxygens (including phenoxy) is 1. The van der Waals surface area contributed by atoms with Gasteiger partial charge in [0, 0.05) is 37.3 Å². The van der Waals surface area contributed by atoms with E-state index >= 15 is 0 Å². The van der Waals surface area contributed by atoms with Crippen molar-refractivity contribution in [1.82, 2.24) is 15.5 Å². The van der Waals surface area contributed by atoms with Crippen molar-refractivity contribution in [2.75, 3.05) is 39.4 Å². The summed E-state index contributed by atoms with van der Waals surface area (Å²) in [5.74, 6) is 0.493. The van der Waals surface area contributed by atoms with Crippen LogP contribution in [-0.2, 0) is 11.3 Å². The van der Waals surface area contributed by atoms with Crippen molar-refractivity contribution in [2.45, 2.75) is 32.9 Å². The minimum atomic E-state index is -0.217. The van der Waals surface area contributed by atoms with Crippen molar-refractivity contribution < 1.29 is 9.13 Å². The quantitative estimate of drug-likeness (QED) is 0.386.